The van der Waals surface area contributed by atoms with Gasteiger partial charge in [0.05, 0.1) is 11.6 Å². The van der Waals surface area contributed by atoms with Crippen molar-refractivity contribution in [3.63, 3.8) is 0 Å². The van der Waals surface area contributed by atoms with Crippen LogP contribution in [0.3, 0.4) is 0 Å². The second kappa shape index (κ2) is 11.8. The van der Waals surface area contributed by atoms with Gasteiger partial charge in [0, 0.05) is 31.0 Å². The van der Waals surface area contributed by atoms with E-state index < -0.39 is 17.7 Å². The maximum Gasteiger partial charge on any atom is 0.295 e. The molecule has 1 aliphatic heterocycles. The molecule has 1 saturated heterocycles. The Bertz CT molecular complexity index is 1270. The summed E-state index contributed by atoms with van der Waals surface area (Å²) in [4.78, 5) is 34.2. The number of carbonyl (C=O) groups is 2. The van der Waals surface area contributed by atoms with Gasteiger partial charge < -0.3 is 19.6 Å². The van der Waals surface area contributed by atoms with Crippen molar-refractivity contribution >= 4 is 17.4 Å². The fraction of sp³-hybridized carbons (Fsp3) is 0.300. The monoisotopic (exact) mass is 499 g/mol. The molecule has 192 valence electrons. The first-order valence-electron chi connectivity index (χ1n) is 12.6. The van der Waals surface area contributed by atoms with Crippen LogP contribution in [0.5, 0.6) is 5.75 Å². The summed E-state index contributed by atoms with van der Waals surface area (Å²) < 4.78 is 5.97. The van der Waals surface area contributed by atoms with Gasteiger partial charge in [-0.05, 0) is 67.0 Å². The molecule has 0 saturated carbocycles. The summed E-state index contributed by atoms with van der Waals surface area (Å²) in [6.07, 6.45) is 3.26. The molecule has 1 aliphatic rings. The minimum absolute atomic E-state index is 0.0908. The topological polar surface area (TPSA) is 83.0 Å². The van der Waals surface area contributed by atoms with E-state index in [1.165, 1.54) is 0 Å². The zero-order valence-corrected chi connectivity index (χ0v) is 21.6. The molecular formula is C30H33N3O4. The van der Waals surface area contributed by atoms with E-state index >= 15 is 0 Å². The highest BCUT2D eigenvalue weighted by Gasteiger charge is 2.46. The molecule has 0 bridgehead atoms. The molecule has 2 aromatic carbocycles. The molecule has 37 heavy (non-hydrogen) atoms. The number of rotatable bonds is 10. The van der Waals surface area contributed by atoms with Crippen LogP contribution in [0.1, 0.15) is 42.1 Å². The van der Waals surface area contributed by atoms with Gasteiger partial charge in [-0.3, -0.25) is 14.6 Å². The Morgan fingerprint density at radius 3 is 2.38 bits per heavy atom. The zero-order chi connectivity index (χ0) is 26.4. The first-order chi connectivity index (χ1) is 17.9. The van der Waals surface area contributed by atoms with Crippen LogP contribution in [-0.4, -0.2) is 57.8 Å². The van der Waals surface area contributed by atoms with E-state index in [2.05, 4.69) is 23.7 Å². The summed E-state index contributed by atoms with van der Waals surface area (Å²) in [5.74, 6) is -0.787. The van der Waals surface area contributed by atoms with Crippen molar-refractivity contribution in [3.8, 4) is 5.75 Å². The molecule has 7 heteroatoms. The highest BCUT2D eigenvalue weighted by atomic mass is 16.5. The Kier molecular flexibility index (Phi) is 8.36. The van der Waals surface area contributed by atoms with Gasteiger partial charge >= 0.3 is 0 Å². The summed E-state index contributed by atoms with van der Waals surface area (Å²) >= 11 is 0. The minimum Gasteiger partial charge on any atom is -0.507 e. The number of aromatic nitrogens is 1. The Balaban J connectivity index is 1.66. The van der Waals surface area contributed by atoms with E-state index in [1.807, 2.05) is 37.3 Å². The molecule has 1 fully saturated rings. The van der Waals surface area contributed by atoms with Crippen molar-refractivity contribution in [1.82, 2.24) is 14.8 Å². The SMILES string of the molecule is CCN(CC)CCN1C(=O)C(=O)/C(=C(/O)c2ccc(OCc3ccccc3)c(C)c2)[C@H]1c1ccncc1. The number of ether oxygens (including phenoxy) is 1. The van der Waals surface area contributed by atoms with Gasteiger partial charge in [-0.25, -0.2) is 0 Å². The van der Waals surface area contributed by atoms with E-state index in [9.17, 15) is 14.7 Å². The van der Waals surface area contributed by atoms with Crippen molar-refractivity contribution in [2.45, 2.75) is 33.4 Å². The molecule has 0 spiro atoms. The number of likely N-dealkylation sites (tertiary alicyclic amines) is 1. The quantitative estimate of drug-likeness (QED) is 0.247. The summed E-state index contributed by atoms with van der Waals surface area (Å²) in [6, 6.07) is 18.0. The first-order valence-corrected chi connectivity index (χ1v) is 12.6. The molecule has 1 aromatic heterocycles. The highest BCUT2D eigenvalue weighted by molar-refractivity contribution is 6.46. The Morgan fingerprint density at radius 2 is 1.73 bits per heavy atom. The van der Waals surface area contributed by atoms with Gasteiger partial charge in [0.25, 0.3) is 11.7 Å². The number of ketones is 1. The Labute approximate surface area is 218 Å². The normalized spacial score (nSPS) is 17.0. The van der Waals surface area contributed by atoms with Crippen LogP contribution in [-0.2, 0) is 16.2 Å². The summed E-state index contributed by atoms with van der Waals surface area (Å²) in [7, 11) is 0. The molecule has 1 atom stereocenters. The lowest BCUT2D eigenvalue weighted by atomic mass is 9.95. The smallest absolute Gasteiger partial charge is 0.295 e. The number of carbonyl (C=O) groups excluding carboxylic acids is 2. The lowest BCUT2D eigenvalue weighted by molar-refractivity contribution is -0.140. The molecule has 2 heterocycles. The highest BCUT2D eigenvalue weighted by Crippen LogP contribution is 2.39. The van der Waals surface area contributed by atoms with E-state index in [4.69, 9.17) is 4.74 Å². The second-order valence-electron chi connectivity index (χ2n) is 9.05. The number of pyridine rings is 1. The van der Waals surface area contributed by atoms with Crippen LogP contribution >= 0.6 is 0 Å². The van der Waals surface area contributed by atoms with Crippen LogP contribution in [0.4, 0.5) is 0 Å². The number of aliphatic hydroxyl groups is 1. The second-order valence-corrected chi connectivity index (χ2v) is 9.05. The van der Waals surface area contributed by atoms with Gasteiger partial charge in [-0.15, -0.1) is 0 Å². The predicted octanol–water partition coefficient (Wildman–Crippen LogP) is 4.73. The number of likely N-dealkylation sites (N-methyl/N-ethyl adjacent to an activating group) is 1. The van der Waals surface area contributed by atoms with Crippen molar-refractivity contribution in [1.29, 1.82) is 0 Å². The largest absolute Gasteiger partial charge is 0.507 e. The minimum atomic E-state index is -0.687. The molecule has 0 unspecified atom stereocenters. The summed E-state index contributed by atoms with van der Waals surface area (Å²) in [5.41, 5.74) is 3.15. The van der Waals surface area contributed by atoms with Crippen molar-refractivity contribution in [2.24, 2.45) is 0 Å². The molecule has 0 aliphatic carbocycles. The number of aryl methyl sites for hydroxylation is 1. The Morgan fingerprint density at radius 1 is 1.03 bits per heavy atom. The Hall–Kier alpha value is -3.97. The van der Waals surface area contributed by atoms with E-state index in [1.54, 1.807) is 47.6 Å². The lowest BCUT2D eigenvalue weighted by Gasteiger charge is -2.28. The molecular weight excluding hydrogens is 466 g/mol. The average molecular weight is 500 g/mol. The van der Waals surface area contributed by atoms with Crippen LogP contribution in [0.25, 0.3) is 5.76 Å². The van der Waals surface area contributed by atoms with Crippen LogP contribution in [0.15, 0.2) is 78.6 Å². The lowest BCUT2D eigenvalue weighted by Crippen LogP contribution is -2.38. The third kappa shape index (κ3) is 5.73. The van der Waals surface area contributed by atoms with Crippen LogP contribution < -0.4 is 4.74 Å². The fourth-order valence-electron chi connectivity index (χ4n) is 4.64. The first kappa shape index (κ1) is 26.1. The standard InChI is InChI=1S/C30H33N3O4/c1-4-32(5-2)17-18-33-27(23-13-15-31-16-14-23)26(29(35)30(33)36)28(34)24-11-12-25(21(3)19-24)37-20-22-9-7-6-8-10-22/h6-16,19,27,34H,4-5,17-18,20H2,1-3H3/b28-26+/t27-/m1/s1. The molecule has 4 rings (SSSR count). The molecule has 0 radical (unpaired) electrons. The summed E-state index contributed by atoms with van der Waals surface area (Å²) in [5, 5.41) is 11.4. The number of Topliss-reactive ketones (excluding diaryl/α,β-unsaturated/α-hetero) is 1. The van der Waals surface area contributed by atoms with Crippen molar-refractivity contribution < 1.29 is 19.4 Å². The van der Waals surface area contributed by atoms with Crippen molar-refractivity contribution in [2.75, 3.05) is 26.2 Å². The summed E-state index contributed by atoms with van der Waals surface area (Å²) in [6.45, 7) is 9.14. The van der Waals surface area contributed by atoms with Gasteiger partial charge in [0.2, 0.25) is 0 Å². The molecule has 3 aromatic rings. The number of hydrogen-bond acceptors (Lipinski definition) is 6. The van der Waals surface area contributed by atoms with Gasteiger partial charge in [0.1, 0.15) is 18.1 Å². The van der Waals surface area contributed by atoms with Crippen LogP contribution in [0, 0.1) is 6.92 Å². The third-order valence-electron chi connectivity index (χ3n) is 6.80. The average Bonchev–Trinajstić information content (AvgIpc) is 3.18. The zero-order valence-electron chi connectivity index (χ0n) is 21.6. The number of amides is 1. The van der Waals surface area contributed by atoms with Gasteiger partial charge in [-0.1, -0.05) is 44.2 Å². The number of hydrogen-bond donors (Lipinski definition) is 1. The van der Waals surface area contributed by atoms with E-state index in [0.717, 1.165) is 29.8 Å². The fourth-order valence-corrected chi connectivity index (χ4v) is 4.64. The maximum absolute atomic E-state index is 13.2. The molecule has 7 nitrogen and oxygen atoms in total. The van der Waals surface area contributed by atoms with Gasteiger partial charge in [-0.2, -0.15) is 0 Å². The van der Waals surface area contributed by atoms with Crippen LogP contribution in [0.2, 0.25) is 0 Å². The van der Waals surface area contributed by atoms with E-state index in [0.29, 0.717) is 31.0 Å². The van der Waals surface area contributed by atoms with E-state index in [-0.39, 0.29) is 11.3 Å². The van der Waals surface area contributed by atoms with Gasteiger partial charge in [0.15, 0.2) is 0 Å². The number of benzene rings is 2. The third-order valence-corrected chi connectivity index (χ3v) is 6.80. The number of aliphatic hydroxyl groups excluding tert-OH is 1. The molecule has 1 amide bonds. The van der Waals surface area contributed by atoms with Crippen molar-refractivity contribution in [3.05, 3.63) is 101 Å². The number of nitrogens with zero attached hydrogens (tertiary/aromatic N) is 3. The maximum atomic E-state index is 13.2. The molecule has 1 N–H and O–H groups in total. The predicted molar refractivity (Wildman–Crippen MR) is 143 cm³/mol.